The highest BCUT2D eigenvalue weighted by molar-refractivity contribution is 9.10. The van der Waals surface area contributed by atoms with Gasteiger partial charge < -0.3 is 14.5 Å². The SMILES string of the molecule is Cc1nn(CCCNC(=O)c2ccc(COc3c(F)c(F)cc(F)c3F)o2)cc1Br. The summed E-state index contributed by atoms with van der Waals surface area (Å²) in [6.45, 7) is 2.30. The molecular formula is C19H16BrF4N3O3. The molecule has 1 amide bonds. The minimum absolute atomic E-state index is 0.0421. The van der Waals surface area contributed by atoms with E-state index in [0.29, 0.717) is 19.5 Å². The molecule has 0 saturated carbocycles. The van der Waals surface area contributed by atoms with E-state index in [2.05, 4.69) is 26.3 Å². The fourth-order valence-corrected chi connectivity index (χ4v) is 2.85. The molecule has 1 aromatic carbocycles. The Balaban J connectivity index is 1.50. The maximum Gasteiger partial charge on any atom is 0.286 e. The monoisotopic (exact) mass is 489 g/mol. The molecule has 0 unspecified atom stereocenters. The van der Waals surface area contributed by atoms with Crippen molar-refractivity contribution < 1.29 is 31.5 Å². The lowest BCUT2D eigenvalue weighted by Gasteiger charge is -2.08. The van der Waals surface area contributed by atoms with Gasteiger partial charge in [0.25, 0.3) is 5.91 Å². The van der Waals surface area contributed by atoms with Crippen molar-refractivity contribution in [3.8, 4) is 5.75 Å². The molecule has 3 rings (SSSR count). The van der Waals surface area contributed by atoms with Crippen LogP contribution in [0.4, 0.5) is 17.6 Å². The first-order valence-electron chi connectivity index (χ1n) is 8.78. The molecule has 3 aromatic rings. The Labute approximate surface area is 176 Å². The first kappa shape index (κ1) is 21.9. The van der Waals surface area contributed by atoms with Crippen LogP contribution >= 0.6 is 15.9 Å². The van der Waals surface area contributed by atoms with Crippen molar-refractivity contribution in [3.63, 3.8) is 0 Å². The van der Waals surface area contributed by atoms with Gasteiger partial charge in [0, 0.05) is 25.4 Å². The third-order valence-electron chi connectivity index (χ3n) is 4.05. The quantitative estimate of drug-likeness (QED) is 0.287. The van der Waals surface area contributed by atoms with Crippen molar-refractivity contribution in [2.45, 2.75) is 26.5 Å². The Morgan fingerprint density at radius 3 is 2.57 bits per heavy atom. The molecule has 0 radical (unpaired) electrons. The zero-order chi connectivity index (χ0) is 21.8. The van der Waals surface area contributed by atoms with Gasteiger partial charge in [-0.1, -0.05) is 0 Å². The van der Waals surface area contributed by atoms with Crippen molar-refractivity contribution in [3.05, 3.63) is 69.4 Å². The number of ether oxygens (including phenoxy) is 1. The Morgan fingerprint density at radius 1 is 1.23 bits per heavy atom. The second kappa shape index (κ2) is 9.33. The van der Waals surface area contributed by atoms with E-state index in [9.17, 15) is 22.4 Å². The van der Waals surface area contributed by atoms with Gasteiger partial charge in [-0.3, -0.25) is 9.48 Å². The fraction of sp³-hybridized carbons (Fsp3) is 0.263. The van der Waals surface area contributed by atoms with Crippen molar-refractivity contribution in [1.29, 1.82) is 0 Å². The summed E-state index contributed by atoms with van der Waals surface area (Å²) < 4.78 is 66.2. The van der Waals surface area contributed by atoms with Gasteiger partial charge in [-0.25, -0.2) is 8.78 Å². The van der Waals surface area contributed by atoms with Crippen LogP contribution in [0.25, 0.3) is 0 Å². The average molecular weight is 490 g/mol. The van der Waals surface area contributed by atoms with Crippen LogP contribution in [0.3, 0.4) is 0 Å². The van der Waals surface area contributed by atoms with E-state index >= 15 is 0 Å². The molecule has 0 spiro atoms. The largest absolute Gasteiger partial charge is 0.479 e. The number of rotatable bonds is 8. The summed E-state index contributed by atoms with van der Waals surface area (Å²) >= 11 is 3.37. The lowest BCUT2D eigenvalue weighted by Crippen LogP contribution is -2.24. The highest BCUT2D eigenvalue weighted by Gasteiger charge is 2.21. The van der Waals surface area contributed by atoms with Crippen LogP contribution < -0.4 is 10.1 Å². The van der Waals surface area contributed by atoms with E-state index in [4.69, 9.17) is 9.15 Å². The zero-order valence-electron chi connectivity index (χ0n) is 15.6. The maximum atomic E-state index is 13.6. The molecule has 2 heterocycles. The molecule has 6 nitrogen and oxygen atoms in total. The summed E-state index contributed by atoms with van der Waals surface area (Å²) in [5.41, 5.74) is 0.866. The molecule has 0 atom stereocenters. The predicted molar refractivity (Wildman–Crippen MR) is 101 cm³/mol. The summed E-state index contributed by atoms with van der Waals surface area (Å²) in [6.07, 6.45) is 2.46. The molecular weight excluding hydrogens is 474 g/mol. The molecule has 30 heavy (non-hydrogen) atoms. The minimum Gasteiger partial charge on any atom is -0.479 e. The van der Waals surface area contributed by atoms with Crippen LogP contribution in [0, 0.1) is 30.2 Å². The van der Waals surface area contributed by atoms with E-state index in [1.807, 2.05) is 13.1 Å². The van der Waals surface area contributed by atoms with Gasteiger partial charge in [0.1, 0.15) is 12.4 Å². The summed E-state index contributed by atoms with van der Waals surface area (Å²) in [6, 6.07) is 2.78. The summed E-state index contributed by atoms with van der Waals surface area (Å²) in [5, 5.41) is 6.95. The van der Waals surface area contributed by atoms with Gasteiger partial charge >= 0.3 is 0 Å². The lowest BCUT2D eigenvalue weighted by molar-refractivity contribution is 0.0920. The lowest BCUT2D eigenvalue weighted by atomic mass is 10.3. The van der Waals surface area contributed by atoms with Crippen LogP contribution in [-0.2, 0) is 13.2 Å². The van der Waals surface area contributed by atoms with Gasteiger partial charge in [-0.05, 0) is 41.4 Å². The first-order valence-corrected chi connectivity index (χ1v) is 9.57. The molecule has 2 aromatic heterocycles. The number of hydrogen-bond acceptors (Lipinski definition) is 4. The molecule has 0 fully saturated rings. The number of carbonyl (C=O) groups excluding carboxylic acids is 1. The van der Waals surface area contributed by atoms with Gasteiger partial charge in [0.15, 0.2) is 23.1 Å². The number of halogens is 5. The predicted octanol–water partition coefficient (Wildman–Crippen LogP) is 4.50. The number of nitrogens with zero attached hydrogens (tertiary/aromatic N) is 2. The highest BCUT2D eigenvalue weighted by atomic mass is 79.9. The van der Waals surface area contributed by atoms with Gasteiger partial charge in [-0.15, -0.1) is 0 Å². The summed E-state index contributed by atoms with van der Waals surface area (Å²) in [7, 11) is 0. The Bertz CT molecular complexity index is 1020. The smallest absolute Gasteiger partial charge is 0.286 e. The van der Waals surface area contributed by atoms with Crippen LogP contribution in [0.5, 0.6) is 5.75 Å². The normalized spacial score (nSPS) is 11.0. The van der Waals surface area contributed by atoms with Crippen LogP contribution in [0.2, 0.25) is 0 Å². The fourth-order valence-electron chi connectivity index (χ4n) is 2.54. The number of aryl methyl sites for hydroxylation is 2. The summed E-state index contributed by atoms with van der Waals surface area (Å²) in [5.74, 6) is -8.17. The number of hydrogen-bond donors (Lipinski definition) is 1. The number of carbonyl (C=O) groups is 1. The van der Waals surface area contributed by atoms with E-state index in [0.717, 1.165) is 10.2 Å². The van der Waals surface area contributed by atoms with E-state index in [1.54, 1.807) is 4.68 Å². The minimum atomic E-state index is -1.65. The Morgan fingerprint density at radius 2 is 1.93 bits per heavy atom. The average Bonchev–Trinajstić information content (AvgIpc) is 3.30. The van der Waals surface area contributed by atoms with Gasteiger partial charge in [0.05, 0.1) is 10.2 Å². The van der Waals surface area contributed by atoms with Crippen LogP contribution in [0.1, 0.15) is 28.4 Å². The zero-order valence-corrected chi connectivity index (χ0v) is 17.2. The molecule has 0 aliphatic heterocycles. The van der Waals surface area contributed by atoms with Crippen molar-refractivity contribution in [2.75, 3.05) is 6.54 Å². The topological polar surface area (TPSA) is 69.3 Å². The van der Waals surface area contributed by atoms with Crippen molar-refractivity contribution in [2.24, 2.45) is 0 Å². The van der Waals surface area contributed by atoms with Crippen molar-refractivity contribution >= 4 is 21.8 Å². The molecule has 11 heteroatoms. The molecule has 160 valence electrons. The Hall–Kier alpha value is -2.82. The molecule has 0 aliphatic rings. The number of furan rings is 1. The third-order valence-corrected chi connectivity index (χ3v) is 4.83. The number of nitrogens with one attached hydrogen (secondary N) is 1. The number of amides is 1. The second-order valence-corrected chi connectivity index (χ2v) is 7.14. The first-order chi connectivity index (χ1) is 14.3. The van der Waals surface area contributed by atoms with Gasteiger partial charge in [-0.2, -0.15) is 13.9 Å². The van der Waals surface area contributed by atoms with E-state index in [-0.39, 0.29) is 17.6 Å². The maximum absolute atomic E-state index is 13.6. The Kier molecular flexibility index (Phi) is 6.80. The second-order valence-electron chi connectivity index (χ2n) is 6.29. The molecule has 0 aliphatic carbocycles. The van der Waals surface area contributed by atoms with E-state index < -0.39 is 41.5 Å². The van der Waals surface area contributed by atoms with Crippen LogP contribution in [0.15, 0.2) is 33.3 Å². The molecule has 0 saturated heterocycles. The highest BCUT2D eigenvalue weighted by Crippen LogP contribution is 2.27. The van der Waals surface area contributed by atoms with Gasteiger partial charge in [0.2, 0.25) is 11.6 Å². The summed E-state index contributed by atoms with van der Waals surface area (Å²) in [4.78, 5) is 12.1. The molecule has 0 bridgehead atoms. The van der Waals surface area contributed by atoms with Crippen molar-refractivity contribution in [1.82, 2.24) is 15.1 Å². The van der Waals surface area contributed by atoms with E-state index in [1.165, 1.54) is 12.1 Å². The third kappa shape index (κ3) is 5.02. The van der Waals surface area contributed by atoms with Crippen LogP contribution in [-0.4, -0.2) is 22.2 Å². The number of benzene rings is 1. The standard InChI is InChI=1S/C19H16BrF4N3O3/c1-10-12(20)8-27(26-10)6-2-5-25-19(28)15-4-3-11(30-15)9-29-18-16(23)13(21)7-14(22)17(18)24/h3-4,7-8H,2,5-6,9H2,1H3,(H,25,28). The molecule has 1 N–H and O–H groups in total. The number of aromatic nitrogens is 2.